The Morgan fingerprint density at radius 2 is 1.88 bits per heavy atom. The van der Waals surface area contributed by atoms with Crippen molar-refractivity contribution in [3.63, 3.8) is 0 Å². The van der Waals surface area contributed by atoms with Crippen LogP contribution in [0.25, 0.3) is 5.69 Å². The second-order valence-electron chi connectivity index (χ2n) is 4.79. The van der Waals surface area contributed by atoms with Crippen molar-refractivity contribution in [1.29, 1.82) is 0 Å². The first-order valence-electron chi connectivity index (χ1n) is 7.25. The molecule has 8 heteroatoms. The summed E-state index contributed by atoms with van der Waals surface area (Å²) in [5.41, 5.74) is 1.53. The van der Waals surface area contributed by atoms with Gasteiger partial charge in [0.2, 0.25) is 5.16 Å². The normalized spacial score (nSPS) is 10.5. The van der Waals surface area contributed by atoms with Gasteiger partial charge in [-0.2, -0.15) is 4.68 Å². The van der Waals surface area contributed by atoms with Gasteiger partial charge in [0.25, 0.3) is 5.91 Å². The predicted octanol–water partition coefficient (Wildman–Crippen LogP) is 2.95. The number of amides is 1. The SMILES string of the molecule is O=C(NCCSc1nnnn1-c1ccccc1)c1ccccc1Br. The molecule has 2 aromatic carbocycles. The monoisotopic (exact) mass is 403 g/mol. The molecule has 0 atom stereocenters. The number of benzene rings is 2. The van der Waals surface area contributed by atoms with Gasteiger partial charge in [0, 0.05) is 16.8 Å². The largest absolute Gasteiger partial charge is 0.351 e. The molecule has 0 unspecified atom stereocenters. The average Bonchev–Trinajstić information content (AvgIpc) is 3.08. The van der Waals surface area contributed by atoms with Gasteiger partial charge in [-0.05, 0) is 50.6 Å². The Morgan fingerprint density at radius 1 is 1.12 bits per heavy atom. The highest BCUT2D eigenvalue weighted by Gasteiger charge is 2.10. The van der Waals surface area contributed by atoms with Crippen molar-refractivity contribution in [2.75, 3.05) is 12.3 Å². The summed E-state index contributed by atoms with van der Waals surface area (Å²) in [6, 6.07) is 17.0. The van der Waals surface area contributed by atoms with Gasteiger partial charge in [0.05, 0.1) is 11.3 Å². The maximum Gasteiger partial charge on any atom is 0.252 e. The van der Waals surface area contributed by atoms with Crippen LogP contribution in [0.4, 0.5) is 0 Å². The number of tetrazole rings is 1. The summed E-state index contributed by atoms with van der Waals surface area (Å²) in [5, 5.41) is 15.3. The van der Waals surface area contributed by atoms with Crippen molar-refractivity contribution in [2.24, 2.45) is 0 Å². The fourth-order valence-corrected chi connectivity index (χ4v) is 3.26. The zero-order valence-electron chi connectivity index (χ0n) is 12.6. The third-order valence-electron chi connectivity index (χ3n) is 3.18. The molecule has 1 heterocycles. The van der Waals surface area contributed by atoms with E-state index in [9.17, 15) is 4.79 Å². The maximum absolute atomic E-state index is 12.1. The first-order chi connectivity index (χ1) is 11.8. The minimum atomic E-state index is -0.106. The van der Waals surface area contributed by atoms with Gasteiger partial charge in [-0.1, -0.05) is 42.1 Å². The lowest BCUT2D eigenvalue weighted by Gasteiger charge is -2.07. The second kappa shape index (κ2) is 8.07. The number of halogens is 1. The van der Waals surface area contributed by atoms with Crippen LogP contribution in [0, 0.1) is 0 Å². The highest BCUT2D eigenvalue weighted by molar-refractivity contribution is 9.10. The van der Waals surface area contributed by atoms with Crippen molar-refractivity contribution < 1.29 is 4.79 Å². The molecular weight excluding hydrogens is 390 g/mol. The lowest BCUT2D eigenvalue weighted by Crippen LogP contribution is -2.26. The first kappa shape index (κ1) is 16.7. The summed E-state index contributed by atoms with van der Waals surface area (Å²) in [4.78, 5) is 12.1. The molecule has 0 fully saturated rings. The molecule has 0 aliphatic carbocycles. The van der Waals surface area contributed by atoms with Crippen LogP contribution >= 0.6 is 27.7 Å². The number of aromatic nitrogens is 4. The molecule has 0 aliphatic heterocycles. The Kier molecular flexibility index (Phi) is 5.60. The minimum Gasteiger partial charge on any atom is -0.351 e. The quantitative estimate of drug-likeness (QED) is 0.505. The van der Waals surface area contributed by atoms with Crippen molar-refractivity contribution in [3.05, 3.63) is 64.6 Å². The van der Waals surface area contributed by atoms with E-state index in [1.165, 1.54) is 11.8 Å². The molecule has 0 saturated carbocycles. The highest BCUT2D eigenvalue weighted by atomic mass is 79.9. The molecule has 0 bridgehead atoms. The lowest BCUT2D eigenvalue weighted by atomic mass is 10.2. The van der Waals surface area contributed by atoms with Crippen LogP contribution in [0.3, 0.4) is 0 Å². The van der Waals surface area contributed by atoms with E-state index in [4.69, 9.17) is 0 Å². The molecule has 3 aromatic rings. The maximum atomic E-state index is 12.1. The number of hydrogen-bond acceptors (Lipinski definition) is 5. The van der Waals surface area contributed by atoms with E-state index in [1.807, 2.05) is 48.5 Å². The smallest absolute Gasteiger partial charge is 0.252 e. The van der Waals surface area contributed by atoms with Crippen LogP contribution in [0.2, 0.25) is 0 Å². The van der Waals surface area contributed by atoms with Crippen molar-refractivity contribution >= 4 is 33.6 Å². The number of nitrogens with one attached hydrogen (secondary N) is 1. The van der Waals surface area contributed by atoms with Gasteiger partial charge in [-0.15, -0.1) is 5.10 Å². The molecule has 122 valence electrons. The van der Waals surface area contributed by atoms with Gasteiger partial charge in [0.1, 0.15) is 0 Å². The van der Waals surface area contributed by atoms with E-state index in [0.717, 1.165) is 10.2 Å². The Hall–Kier alpha value is -2.19. The van der Waals surface area contributed by atoms with Crippen molar-refractivity contribution in [3.8, 4) is 5.69 Å². The van der Waals surface area contributed by atoms with E-state index in [0.29, 0.717) is 23.0 Å². The van der Waals surface area contributed by atoms with Gasteiger partial charge >= 0.3 is 0 Å². The standard InChI is InChI=1S/C16H14BrN5OS/c17-14-9-5-4-8-13(14)15(23)18-10-11-24-16-19-20-21-22(16)12-6-2-1-3-7-12/h1-9H,10-11H2,(H,18,23). The van der Waals surface area contributed by atoms with E-state index >= 15 is 0 Å². The van der Waals surface area contributed by atoms with Gasteiger partial charge in [-0.25, -0.2) is 0 Å². The van der Waals surface area contributed by atoms with Gasteiger partial charge in [0.15, 0.2) is 0 Å². The van der Waals surface area contributed by atoms with E-state index in [1.54, 1.807) is 10.7 Å². The Bertz CT molecular complexity index is 824. The molecule has 24 heavy (non-hydrogen) atoms. The Morgan fingerprint density at radius 3 is 2.67 bits per heavy atom. The van der Waals surface area contributed by atoms with Crippen LogP contribution in [-0.2, 0) is 0 Å². The number of hydrogen-bond donors (Lipinski definition) is 1. The summed E-state index contributed by atoms with van der Waals surface area (Å²) < 4.78 is 2.46. The molecule has 0 spiro atoms. The molecule has 1 N–H and O–H groups in total. The fourth-order valence-electron chi connectivity index (χ4n) is 2.05. The van der Waals surface area contributed by atoms with Crippen molar-refractivity contribution in [1.82, 2.24) is 25.5 Å². The van der Waals surface area contributed by atoms with Crippen LogP contribution in [-0.4, -0.2) is 38.4 Å². The summed E-state index contributed by atoms with van der Waals surface area (Å²) in [7, 11) is 0. The summed E-state index contributed by atoms with van der Waals surface area (Å²) in [6.45, 7) is 0.520. The van der Waals surface area contributed by atoms with Crippen LogP contribution in [0.5, 0.6) is 0 Å². The molecule has 0 saturated heterocycles. The molecule has 6 nitrogen and oxygen atoms in total. The summed E-state index contributed by atoms with van der Waals surface area (Å²) >= 11 is 4.87. The fraction of sp³-hybridized carbons (Fsp3) is 0.125. The van der Waals surface area contributed by atoms with Gasteiger partial charge in [-0.3, -0.25) is 4.79 Å². The molecule has 0 aliphatic rings. The first-order valence-corrected chi connectivity index (χ1v) is 9.03. The molecule has 1 amide bonds. The van der Waals surface area contributed by atoms with Crippen molar-refractivity contribution in [2.45, 2.75) is 5.16 Å². The molecule has 0 radical (unpaired) electrons. The third-order valence-corrected chi connectivity index (χ3v) is 4.79. The molecular formula is C16H14BrN5OS. The molecule has 1 aromatic heterocycles. The summed E-state index contributed by atoms with van der Waals surface area (Å²) in [5.74, 6) is 0.564. The number of thioether (sulfide) groups is 1. The summed E-state index contributed by atoms with van der Waals surface area (Å²) in [6.07, 6.45) is 0. The zero-order chi connectivity index (χ0) is 16.8. The topological polar surface area (TPSA) is 72.7 Å². The van der Waals surface area contributed by atoms with Crippen LogP contribution < -0.4 is 5.32 Å². The Labute approximate surface area is 151 Å². The third kappa shape index (κ3) is 4.01. The number of para-hydroxylation sites is 1. The van der Waals surface area contributed by atoms with E-state index in [2.05, 4.69) is 36.8 Å². The second-order valence-corrected chi connectivity index (χ2v) is 6.71. The number of carbonyl (C=O) groups excluding carboxylic acids is 1. The lowest BCUT2D eigenvalue weighted by molar-refractivity contribution is 0.0955. The number of rotatable bonds is 6. The number of nitrogens with zero attached hydrogens (tertiary/aromatic N) is 4. The predicted molar refractivity (Wildman–Crippen MR) is 96.4 cm³/mol. The van der Waals surface area contributed by atoms with Crippen LogP contribution in [0.15, 0.2) is 64.2 Å². The highest BCUT2D eigenvalue weighted by Crippen LogP contribution is 2.18. The van der Waals surface area contributed by atoms with Gasteiger partial charge < -0.3 is 5.32 Å². The van der Waals surface area contributed by atoms with E-state index in [-0.39, 0.29) is 5.91 Å². The number of carbonyl (C=O) groups is 1. The zero-order valence-corrected chi connectivity index (χ0v) is 15.0. The molecule has 3 rings (SSSR count). The average molecular weight is 404 g/mol. The van der Waals surface area contributed by atoms with Crippen LogP contribution in [0.1, 0.15) is 10.4 Å². The van der Waals surface area contributed by atoms with E-state index < -0.39 is 0 Å². The minimum absolute atomic E-state index is 0.106. The Balaban J connectivity index is 1.54.